The van der Waals surface area contributed by atoms with Crippen LogP contribution < -0.4 is 15.5 Å². The van der Waals surface area contributed by atoms with Crippen LogP contribution in [0, 0.1) is 6.92 Å². The third-order valence-electron chi connectivity index (χ3n) is 12.5. The molecule has 3 aliphatic rings. The third-order valence-corrected chi connectivity index (χ3v) is 15.5. The maximum Gasteiger partial charge on any atom is 0.416 e. The number of nitrogens with zero attached hydrogens (tertiary/aromatic N) is 3. The van der Waals surface area contributed by atoms with Crippen molar-refractivity contribution < 1.29 is 78.9 Å². The first-order valence-corrected chi connectivity index (χ1v) is 30.5. The van der Waals surface area contributed by atoms with E-state index < -0.39 is 57.6 Å². The first kappa shape index (κ1) is 66.8. The summed E-state index contributed by atoms with van der Waals surface area (Å²) < 4.78 is 88.0. The predicted octanol–water partition coefficient (Wildman–Crippen LogP) is 10.3. The highest BCUT2D eigenvalue weighted by Crippen LogP contribution is 2.43. The van der Waals surface area contributed by atoms with Gasteiger partial charge in [0.25, 0.3) is 11.8 Å². The van der Waals surface area contributed by atoms with Crippen molar-refractivity contribution in [3.8, 4) is 0 Å². The van der Waals surface area contributed by atoms with Gasteiger partial charge in [0.05, 0.1) is 52.8 Å². The van der Waals surface area contributed by atoms with Crippen molar-refractivity contribution in [2.75, 3.05) is 55.1 Å². The average molecular weight is 1220 g/mol. The van der Waals surface area contributed by atoms with E-state index in [-0.39, 0.29) is 70.9 Å². The fourth-order valence-electron chi connectivity index (χ4n) is 8.37. The third kappa shape index (κ3) is 18.1. The number of ether oxygens (including phenoxy) is 2. The second-order valence-corrected chi connectivity index (χ2v) is 24.5. The van der Waals surface area contributed by atoms with E-state index >= 15 is 0 Å². The Kier molecular flexibility index (Phi) is 24.5. The maximum absolute atomic E-state index is 12.8. The zero-order valence-electron chi connectivity index (χ0n) is 44.9. The maximum atomic E-state index is 12.8. The number of halogens is 6. The highest BCUT2D eigenvalue weighted by molar-refractivity contribution is 7.90. The first-order valence-electron chi connectivity index (χ1n) is 25.0. The summed E-state index contributed by atoms with van der Waals surface area (Å²) in [5.74, 6) is -2.80. The smallest absolute Gasteiger partial charge is 0.416 e. The van der Waals surface area contributed by atoms with Crippen molar-refractivity contribution >= 4 is 105 Å². The van der Waals surface area contributed by atoms with Crippen LogP contribution in [-0.2, 0) is 60.4 Å². The molecule has 0 spiro atoms. The number of para-hydroxylation sites is 1. The van der Waals surface area contributed by atoms with Gasteiger partial charge in [-0.1, -0.05) is 53.5 Å². The number of aryl methyl sites for hydroxylation is 2. The van der Waals surface area contributed by atoms with Crippen LogP contribution in [0.5, 0.6) is 0 Å². The van der Waals surface area contributed by atoms with Gasteiger partial charge in [-0.05, 0) is 131 Å². The van der Waals surface area contributed by atoms with Gasteiger partial charge in [0, 0.05) is 53.8 Å². The number of carbonyl (C=O) groups is 6. The van der Waals surface area contributed by atoms with Crippen LogP contribution in [0.3, 0.4) is 0 Å². The van der Waals surface area contributed by atoms with Crippen LogP contribution in [-0.4, -0.2) is 116 Å². The quantitative estimate of drug-likeness (QED) is 0.0209. The Hall–Kier alpha value is -5.71. The number of anilines is 2. The zero-order valence-corrected chi connectivity index (χ0v) is 48.9. The minimum absolute atomic E-state index is 0.0223. The molecular formula is C54H63Cl3F3N4O14PS. The zero-order chi connectivity index (χ0) is 60.0. The average Bonchev–Trinajstić information content (AvgIpc) is 4.09. The van der Waals surface area contributed by atoms with E-state index in [4.69, 9.17) is 64.5 Å². The summed E-state index contributed by atoms with van der Waals surface area (Å²) in [6.45, 7) is 9.62. The normalized spacial score (nSPS) is 15.9. The number of sulfone groups is 1. The molecule has 0 bridgehead atoms. The molecule has 80 heavy (non-hydrogen) atoms. The number of aromatic nitrogens is 1. The van der Waals surface area contributed by atoms with Gasteiger partial charge < -0.3 is 34.6 Å². The van der Waals surface area contributed by atoms with E-state index in [9.17, 15) is 54.9 Å². The number of imide groups is 1. The monoisotopic (exact) mass is 1220 g/mol. The summed E-state index contributed by atoms with van der Waals surface area (Å²) in [6, 6.07) is 11.8. The molecule has 3 aromatic carbocycles. The number of ketones is 1. The molecule has 3 unspecified atom stereocenters. The number of amides is 3. The number of hydrogen-bond acceptors (Lipinski definition) is 14. The number of carboxylic acid groups (broad SMARTS) is 1. The van der Waals surface area contributed by atoms with Crippen molar-refractivity contribution in [2.24, 2.45) is 5.73 Å². The number of carboxylic acids is 1. The standard InChI is InChI=1S/C19H17Cl2NO4.C15H22ClNO2.C15H12F3NO4S.C5H12NO4P/c1-2-26-19(25)16(21)10-11-9-12(7-8-15(11)20)22-17(23)13-5-3-4-6-14(13)18(22)24;1-5-13-8-6-7-11(2)15(13)17(14(18)9-16)12(3)10-19-4;1-24(21,22)12-6-9(15(16,17)18)4-5-10(12)13(20)11-7-19-23-14(11)8-2-3-8;1-11(9,10)3-2-4(6)5(7)8/h7-10H,2-6H2,1H3;6-8,12H,5,9-10H2,1-4H3;4-8H,2-3H2,1H3;4H,2-3,6H2,1H3,(H,7,8)(H,9,10)/b16-10-;;;. The van der Waals surface area contributed by atoms with E-state index in [0.29, 0.717) is 64.8 Å². The lowest BCUT2D eigenvalue weighted by molar-refractivity contribution is -0.139. The number of rotatable bonds is 18. The van der Waals surface area contributed by atoms with Crippen molar-refractivity contribution in [1.82, 2.24) is 5.16 Å². The van der Waals surface area contributed by atoms with Gasteiger partial charge in [-0.2, -0.15) is 13.2 Å². The highest BCUT2D eigenvalue weighted by Gasteiger charge is 2.40. The lowest BCUT2D eigenvalue weighted by atomic mass is 9.93. The number of hydrogen-bond donors (Lipinski definition) is 3. The van der Waals surface area contributed by atoms with Crippen LogP contribution >= 0.6 is 42.2 Å². The summed E-state index contributed by atoms with van der Waals surface area (Å²) >= 11 is 17.9. The fourth-order valence-corrected chi connectivity index (χ4v) is 10.5. The molecule has 1 saturated carbocycles. The minimum Gasteiger partial charge on any atom is -0.480 e. The fraction of sp³-hybridized carbons (Fsp3) is 0.426. The summed E-state index contributed by atoms with van der Waals surface area (Å²) in [4.78, 5) is 83.0. The molecule has 3 amide bonds. The molecule has 436 valence electrons. The Morgan fingerprint density at radius 1 is 1.02 bits per heavy atom. The molecule has 1 aromatic heterocycles. The van der Waals surface area contributed by atoms with E-state index in [1.54, 1.807) is 37.1 Å². The summed E-state index contributed by atoms with van der Waals surface area (Å²) in [5, 5.41) is 12.0. The molecule has 4 N–H and O–H groups in total. The second-order valence-electron chi connectivity index (χ2n) is 18.9. The molecule has 18 nitrogen and oxygen atoms in total. The number of carbonyl (C=O) groups excluding carboxylic acids is 5. The van der Waals surface area contributed by atoms with E-state index in [0.717, 1.165) is 61.2 Å². The number of alkyl halides is 4. The van der Waals surface area contributed by atoms with Gasteiger partial charge in [-0.25, -0.2) is 18.1 Å². The molecule has 2 heterocycles. The van der Waals surface area contributed by atoms with Crippen LogP contribution in [0.25, 0.3) is 6.08 Å². The molecule has 1 fully saturated rings. The van der Waals surface area contributed by atoms with Crippen molar-refractivity contribution in [3.05, 3.63) is 121 Å². The van der Waals surface area contributed by atoms with Crippen LogP contribution in [0.1, 0.15) is 116 Å². The molecule has 0 saturated heterocycles. The Labute approximate surface area is 476 Å². The largest absolute Gasteiger partial charge is 0.480 e. The molecule has 0 radical (unpaired) electrons. The summed E-state index contributed by atoms with van der Waals surface area (Å²) in [6.07, 6.45) is 4.18. The van der Waals surface area contributed by atoms with Gasteiger partial charge in [0.2, 0.25) is 5.91 Å². The topological polar surface area (TPSA) is 271 Å². The molecular weight excluding hydrogens is 1160 g/mol. The first-order chi connectivity index (χ1) is 37.4. The minimum atomic E-state index is -4.71. The number of nitrogens with two attached hydrogens (primary N) is 1. The molecule has 1 aliphatic heterocycles. The Bertz CT molecular complexity index is 3150. The number of methoxy groups -OCH3 is 1. The number of benzene rings is 3. The van der Waals surface area contributed by atoms with Crippen molar-refractivity contribution in [2.45, 2.75) is 108 Å². The van der Waals surface area contributed by atoms with Crippen LogP contribution in [0.4, 0.5) is 24.5 Å². The number of esters is 1. The van der Waals surface area contributed by atoms with Gasteiger partial charge >= 0.3 is 18.1 Å². The number of aliphatic carboxylic acids is 1. The van der Waals surface area contributed by atoms with Crippen LogP contribution in [0.2, 0.25) is 5.02 Å². The van der Waals surface area contributed by atoms with Crippen molar-refractivity contribution in [3.63, 3.8) is 0 Å². The summed E-state index contributed by atoms with van der Waals surface area (Å²) in [5.41, 5.74) is 8.98. The molecule has 26 heteroatoms. The van der Waals surface area contributed by atoms with E-state index in [1.807, 2.05) is 26.0 Å². The summed E-state index contributed by atoms with van der Waals surface area (Å²) in [7, 11) is -5.51. The second kappa shape index (κ2) is 29.3. The van der Waals surface area contributed by atoms with Gasteiger partial charge in [-0.3, -0.25) is 28.5 Å². The Morgan fingerprint density at radius 3 is 2.16 bits per heavy atom. The molecule has 2 aliphatic carbocycles. The predicted molar refractivity (Wildman–Crippen MR) is 297 cm³/mol. The van der Waals surface area contributed by atoms with Gasteiger partial charge in [0.1, 0.15) is 17.0 Å². The SMILES string of the molecule is CCOC(=O)/C(Cl)=C/c1cc(N2C(=O)C3=C(CCCC3)C2=O)ccc1Cl.CCc1cccc(C)c1N(C(=O)CCl)C(C)COC.CP(=O)(O)CCC(N)C(=O)O.CS(=O)(=O)c1cc(C(F)(F)F)ccc1C(=O)c1cnoc1C1CC1. The lowest BCUT2D eigenvalue weighted by Crippen LogP contribution is -2.43. The Morgan fingerprint density at radius 2 is 1.65 bits per heavy atom. The van der Waals surface area contributed by atoms with Crippen molar-refractivity contribution in [1.29, 1.82) is 0 Å². The Balaban J connectivity index is 0.000000239. The molecule has 3 atom stereocenters. The molecule has 4 aromatic rings. The highest BCUT2D eigenvalue weighted by atomic mass is 35.5. The van der Waals surface area contributed by atoms with Gasteiger partial charge in [0.15, 0.2) is 28.7 Å². The van der Waals surface area contributed by atoms with Gasteiger partial charge in [-0.15, -0.1) is 11.6 Å². The van der Waals surface area contributed by atoms with E-state index in [1.165, 1.54) is 23.8 Å². The van der Waals surface area contributed by atoms with E-state index in [2.05, 4.69) is 18.1 Å². The van der Waals surface area contributed by atoms with Crippen LogP contribution in [0.15, 0.2) is 86.4 Å². The molecule has 7 rings (SSSR count). The lowest BCUT2D eigenvalue weighted by Gasteiger charge is -2.31.